The van der Waals surface area contributed by atoms with E-state index in [0.29, 0.717) is 13.2 Å². The number of pyridine rings is 1. The molecule has 142 valence electrons. The van der Waals surface area contributed by atoms with E-state index in [4.69, 9.17) is 9.15 Å². The summed E-state index contributed by atoms with van der Waals surface area (Å²) in [4.78, 5) is 8.76. The lowest BCUT2D eigenvalue weighted by Gasteiger charge is -2.12. The van der Waals surface area contributed by atoms with Crippen molar-refractivity contribution in [2.75, 3.05) is 26.7 Å². The first-order valence-electron chi connectivity index (χ1n) is 9.24. The van der Waals surface area contributed by atoms with Crippen molar-refractivity contribution < 1.29 is 9.15 Å². The Morgan fingerprint density at radius 3 is 2.85 bits per heavy atom. The highest BCUT2D eigenvalue weighted by Crippen LogP contribution is 2.15. The number of hydrogen-bond donors (Lipinski definition) is 2. The van der Waals surface area contributed by atoms with Crippen LogP contribution >= 0.6 is 0 Å². The molecule has 0 amide bonds. The Hall–Kier alpha value is -2.86. The fourth-order valence-electron chi connectivity index (χ4n) is 2.85. The Morgan fingerprint density at radius 1 is 1.11 bits per heavy atom. The number of para-hydroxylation sites is 1. The van der Waals surface area contributed by atoms with Crippen molar-refractivity contribution in [2.45, 2.75) is 19.4 Å². The van der Waals surface area contributed by atoms with E-state index in [1.165, 1.54) is 10.9 Å². The summed E-state index contributed by atoms with van der Waals surface area (Å²) in [5.74, 6) is 1.65. The largest absolute Gasteiger partial charge is 0.467 e. The quantitative estimate of drug-likeness (QED) is 0.346. The summed E-state index contributed by atoms with van der Waals surface area (Å²) in [6, 6.07) is 14.1. The van der Waals surface area contributed by atoms with E-state index < -0.39 is 0 Å². The predicted octanol–water partition coefficient (Wildman–Crippen LogP) is 3.14. The zero-order valence-corrected chi connectivity index (χ0v) is 15.6. The van der Waals surface area contributed by atoms with Gasteiger partial charge in [0.15, 0.2) is 5.96 Å². The molecule has 2 N–H and O–H groups in total. The van der Waals surface area contributed by atoms with E-state index in [2.05, 4.69) is 44.9 Å². The Labute approximate surface area is 159 Å². The van der Waals surface area contributed by atoms with Gasteiger partial charge >= 0.3 is 0 Å². The zero-order chi connectivity index (χ0) is 18.7. The van der Waals surface area contributed by atoms with Crippen LogP contribution in [0.3, 0.4) is 0 Å². The summed E-state index contributed by atoms with van der Waals surface area (Å²) in [5.41, 5.74) is 2.31. The molecule has 0 spiro atoms. The van der Waals surface area contributed by atoms with Crippen molar-refractivity contribution in [3.63, 3.8) is 0 Å². The summed E-state index contributed by atoms with van der Waals surface area (Å²) in [5, 5.41) is 7.83. The van der Waals surface area contributed by atoms with Gasteiger partial charge in [-0.15, -0.1) is 0 Å². The van der Waals surface area contributed by atoms with Gasteiger partial charge in [-0.25, -0.2) is 0 Å². The van der Waals surface area contributed by atoms with Gasteiger partial charge < -0.3 is 19.8 Å². The van der Waals surface area contributed by atoms with E-state index in [9.17, 15) is 0 Å². The minimum Gasteiger partial charge on any atom is -0.467 e. The van der Waals surface area contributed by atoms with Crippen molar-refractivity contribution in [3.8, 4) is 0 Å². The molecule has 0 radical (unpaired) electrons. The smallest absolute Gasteiger partial charge is 0.190 e. The molecule has 0 fully saturated rings. The fraction of sp³-hybridized carbons (Fsp3) is 0.333. The van der Waals surface area contributed by atoms with Crippen molar-refractivity contribution >= 4 is 16.9 Å². The average Bonchev–Trinajstić information content (AvgIpc) is 3.23. The zero-order valence-electron chi connectivity index (χ0n) is 15.6. The van der Waals surface area contributed by atoms with E-state index >= 15 is 0 Å². The van der Waals surface area contributed by atoms with E-state index in [-0.39, 0.29) is 0 Å². The molecule has 0 aliphatic carbocycles. The molecule has 3 aromatic rings. The number of rotatable bonds is 9. The number of hydrogen-bond acceptors (Lipinski definition) is 4. The summed E-state index contributed by atoms with van der Waals surface area (Å²) in [6.45, 7) is 2.78. The molecule has 27 heavy (non-hydrogen) atoms. The number of benzene rings is 1. The summed E-state index contributed by atoms with van der Waals surface area (Å²) < 4.78 is 10.8. The number of nitrogens with zero attached hydrogens (tertiary/aromatic N) is 2. The lowest BCUT2D eigenvalue weighted by Crippen LogP contribution is -2.39. The van der Waals surface area contributed by atoms with Gasteiger partial charge in [-0.3, -0.25) is 9.98 Å². The molecule has 0 saturated heterocycles. The molecule has 0 atom stereocenters. The van der Waals surface area contributed by atoms with Crippen molar-refractivity contribution in [3.05, 3.63) is 66.2 Å². The maximum atomic E-state index is 5.57. The van der Waals surface area contributed by atoms with Crippen LogP contribution in [-0.4, -0.2) is 37.7 Å². The minimum atomic E-state index is 0.513. The molecule has 0 aliphatic heterocycles. The van der Waals surface area contributed by atoms with Crippen LogP contribution in [0.4, 0.5) is 0 Å². The fourth-order valence-corrected chi connectivity index (χ4v) is 2.85. The molecular weight excluding hydrogens is 340 g/mol. The number of aromatic nitrogens is 1. The van der Waals surface area contributed by atoms with Gasteiger partial charge in [-0.05, 0) is 36.6 Å². The molecular formula is C21H26N4O2. The number of furan rings is 1. The Kier molecular flexibility index (Phi) is 7.24. The molecule has 6 heteroatoms. The van der Waals surface area contributed by atoms with E-state index in [1.54, 1.807) is 13.3 Å². The molecule has 2 heterocycles. The third-order valence-electron chi connectivity index (χ3n) is 4.21. The molecule has 6 nitrogen and oxygen atoms in total. The van der Waals surface area contributed by atoms with Gasteiger partial charge in [0, 0.05) is 38.3 Å². The molecule has 0 saturated carbocycles. The maximum absolute atomic E-state index is 5.57. The molecule has 2 aromatic heterocycles. The normalized spacial score (nSPS) is 11.7. The van der Waals surface area contributed by atoms with Crippen molar-refractivity contribution in [2.24, 2.45) is 4.99 Å². The summed E-state index contributed by atoms with van der Waals surface area (Å²) >= 11 is 0. The Balaban J connectivity index is 1.34. The number of fused-ring (bicyclic) bond motifs is 1. The molecule has 1 aromatic carbocycles. The van der Waals surface area contributed by atoms with Crippen LogP contribution in [0.2, 0.25) is 0 Å². The predicted molar refractivity (Wildman–Crippen MR) is 108 cm³/mol. The van der Waals surface area contributed by atoms with Crippen molar-refractivity contribution in [1.82, 2.24) is 15.6 Å². The minimum absolute atomic E-state index is 0.513. The van der Waals surface area contributed by atoms with E-state index in [1.807, 2.05) is 24.4 Å². The van der Waals surface area contributed by atoms with Crippen molar-refractivity contribution in [1.29, 1.82) is 0 Å². The molecule has 0 aliphatic rings. The topological polar surface area (TPSA) is 71.7 Å². The first kappa shape index (κ1) is 18.9. The van der Waals surface area contributed by atoms with Crippen LogP contribution in [-0.2, 0) is 17.8 Å². The highest BCUT2D eigenvalue weighted by molar-refractivity contribution is 5.82. The van der Waals surface area contributed by atoms with Gasteiger partial charge in [-0.2, -0.15) is 0 Å². The third kappa shape index (κ3) is 5.82. The van der Waals surface area contributed by atoms with Crippen LogP contribution in [0.5, 0.6) is 0 Å². The van der Waals surface area contributed by atoms with Crippen LogP contribution in [0.25, 0.3) is 10.9 Å². The van der Waals surface area contributed by atoms with Gasteiger partial charge in [0.2, 0.25) is 0 Å². The molecule has 3 rings (SSSR count). The number of guanidine groups is 1. The van der Waals surface area contributed by atoms with Crippen LogP contribution in [0, 0.1) is 0 Å². The standard InChI is InChI=1S/C21H26N4O2/c1-22-21(24-12-5-14-26-16-19-9-4-15-27-19)25-13-10-18-7-2-6-17-8-3-11-23-20(17)18/h2-4,6-9,11,15H,5,10,12-14,16H2,1H3,(H2,22,24,25). The second-order valence-electron chi connectivity index (χ2n) is 6.15. The Morgan fingerprint density at radius 2 is 2.00 bits per heavy atom. The Bertz CT molecular complexity index is 841. The van der Waals surface area contributed by atoms with Crippen LogP contribution < -0.4 is 10.6 Å². The maximum Gasteiger partial charge on any atom is 0.190 e. The average molecular weight is 366 g/mol. The monoisotopic (exact) mass is 366 g/mol. The van der Waals surface area contributed by atoms with Crippen LogP contribution in [0.1, 0.15) is 17.7 Å². The van der Waals surface area contributed by atoms with Gasteiger partial charge in [-0.1, -0.05) is 24.3 Å². The molecule has 0 bridgehead atoms. The SMILES string of the molecule is CN=C(NCCCOCc1ccco1)NCCc1cccc2cccnc12. The van der Waals surface area contributed by atoms with Crippen LogP contribution in [0.15, 0.2) is 64.3 Å². The molecule has 0 unspecified atom stereocenters. The lowest BCUT2D eigenvalue weighted by molar-refractivity contribution is 0.105. The summed E-state index contributed by atoms with van der Waals surface area (Å²) in [6.07, 6.45) is 5.29. The number of ether oxygens (including phenoxy) is 1. The second-order valence-corrected chi connectivity index (χ2v) is 6.15. The lowest BCUT2D eigenvalue weighted by atomic mass is 10.1. The third-order valence-corrected chi connectivity index (χ3v) is 4.21. The first-order valence-corrected chi connectivity index (χ1v) is 9.24. The number of aliphatic imine (C=N–C) groups is 1. The first-order chi connectivity index (χ1) is 13.4. The highest BCUT2D eigenvalue weighted by atomic mass is 16.5. The highest BCUT2D eigenvalue weighted by Gasteiger charge is 2.03. The van der Waals surface area contributed by atoms with Gasteiger partial charge in [0.25, 0.3) is 0 Å². The van der Waals surface area contributed by atoms with E-state index in [0.717, 1.165) is 43.2 Å². The van der Waals surface area contributed by atoms with Gasteiger partial charge in [0.05, 0.1) is 11.8 Å². The number of nitrogens with one attached hydrogen (secondary N) is 2. The second kappa shape index (κ2) is 10.3. The van der Waals surface area contributed by atoms with Gasteiger partial charge in [0.1, 0.15) is 12.4 Å². The summed E-state index contributed by atoms with van der Waals surface area (Å²) in [7, 11) is 1.78.